The third-order valence-electron chi connectivity index (χ3n) is 4.62. The average molecular weight is 411 g/mol. The van der Waals surface area contributed by atoms with Crippen LogP contribution in [-0.2, 0) is 0 Å². The van der Waals surface area contributed by atoms with E-state index in [1.165, 1.54) is 11.3 Å². The first kappa shape index (κ1) is 20.8. The van der Waals surface area contributed by atoms with E-state index in [2.05, 4.69) is 27.8 Å². The van der Waals surface area contributed by atoms with Crippen LogP contribution in [0.5, 0.6) is 5.75 Å². The van der Waals surface area contributed by atoms with Crippen LogP contribution in [0.4, 0.5) is 10.8 Å². The second-order valence-electron chi connectivity index (χ2n) is 6.79. The van der Waals surface area contributed by atoms with Crippen LogP contribution in [-0.4, -0.2) is 23.2 Å². The van der Waals surface area contributed by atoms with Crippen LogP contribution in [0.1, 0.15) is 48.7 Å². The summed E-state index contributed by atoms with van der Waals surface area (Å²) in [6.45, 7) is 10.5. The van der Waals surface area contributed by atoms with Crippen LogP contribution < -0.4 is 15.5 Å². The summed E-state index contributed by atoms with van der Waals surface area (Å²) in [5, 5.41) is 8.13. The summed E-state index contributed by atoms with van der Waals surface area (Å²) in [6.07, 6.45) is 0.886. The molecule has 0 spiro atoms. The topological polar surface area (TPSA) is 75.6 Å². The standard InChI is InChI=1S/C22H26N4O2S/c1-6-14(4)25-26-22-23-18-11-13(3)19(15(5)20(18)29-22)24-21(27)16-9-8-10-17(12-16)28-7-2/h8-12H,6-7H2,1-5H3,(H,23,26)(H,24,27)/b25-14-. The Labute approximate surface area is 175 Å². The highest BCUT2D eigenvalue weighted by Gasteiger charge is 2.16. The summed E-state index contributed by atoms with van der Waals surface area (Å²) >= 11 is 1.53. The maximum atomic E-state index is 12.8. The van der Waals surface area contributed by atoms with Crippen molar-refractivity contribution in [3.05, 3.63) is 47.0 Å². The molecule has 3 aromatic rings. The molecule has 0 fully saturated rings. The summed E-state index contributed by atoms with van der Waals surface area (Å²) in [5.74, 6) is 0.522. The number of nitrogens with zero attached hydrogens (tertiary/aromatic N) is 2. The molecule has 2 N–H and O–H groups in total. The quantitative estimate of drug-likeness (QED) is 0.383. The number of hydrogen-bond acceptors (Lipinski definition) is 6. The number of aryl methyl sites for hydroxylation is 2. The van der Waals surface area contributed by atoms with Gasteiger partial charge in [-0.25, -0.2) is 4.98 Å². The fourth-order valence-electron chi connectivity index (χ4n) is 2.93. The molecule has 3 rings (SSSR count). The first-order valence-corrected chi connectivity index (χ1v) is 10.5. The number of ether oxygens (including phenoxy) is 1. The molecule has 0 unspecified atom stereocenters. The zero-order chi connectivity index (χ0) is 21.0. The van der Waals surface area contributed by atoms with Crippen LogP contribution in [0.15, 0.2) is 35.4 Å². The molecule has 29 heavy (non-hydrogen) atoms. The van der Waals surface area contributed by atoms with Crippen LogP contribution >= 0.6 is 11.3 Å². The number of hydrazone groups is 1. The predicted molar refractivity (Wildman–Crippen MR) is 122 cm³/mol. The van der Waals surface area contributed by atoms with Crippen molar-refractivity contribution in [3.8, 4) is 5.75 Å². The van der Waals surface area contributed by atoms with Crippen LogP contribution in [0.3, 0.4) is 0 Å². The first-order valence-electron chi connectivity index (χ1n) is 9.67. The van der Waals surface area contributed by atoms with E-state index in [1.54, 1.807) is 12.1 Å². The third kappa shape index (κ3) is 4.74. The van der Waals surface area contributed by atoms with Gasteiger partial charge in [-0.1, -0.05) is 24.3 Å². The Kier molecular flexibility index (Phi) is 6.49. The van der Waals surface area contributed by atoms with Gasteiger partial charge >= 0.3 is 0 Å². The average Bonchev–Trinajstić information content (AvgIpc) is 3.12. The van der Waals surface area contributed by atoms with E-state index in [4.69, 9.17) is 4.74 Å². The molecular weight excluding hydrogens is 384 g/mol. The van der Waals surface area contributed by atoms with Gasteiger partial charge in [-0.05, 0) is 69.5 Å². The number of carbonyl (C=O) groups is 1. The van der Waals surface area contributed by atoms with Crippen molar-refractivity contribution in [2.75, 3.05) is 17.3 Å². The highest BCUT2D eigenvalue weighted by Crippen LogP contribution is 2.35. The Bertz CT molecular complexity index is 1070. The lowest BCUT2D eigenvalue weighted by Gasteiger charge is -2.13. The van der Waals surface area contributed by atoms with Gasteiger partial charge < -0.3 is 10.1 Å². The van der Waals surface area contributed by atoms with Crippen molar-refractivity contribution in [1.82, 2.24) is 4.98 Å². The van der Waals surface area contributed by atoms with Crippen LogP contribution in [0, 0.1) is 13.8 Å². The normalized spacial score (nSPS) is 11.6. The minimum Gasteiger partial charge on any atom is -0.494 e. The molecule has 0 aliphatic rings. The molecular formula is C22H26N4O2S. The van der Waals surface area contributed by atoms with Crippen LogP contribution in [0.25, 0.3) is 10.2 Å². The Balaban J connectivity index is 1.89. The van der Waals surface area contributed by atoms with E-state index in [9.17, 15) is 4.79 Å². The molecule has 0 bridgehead atoms. The van der Waals surface area contributed by atoms with Gasteiger partial charge in [0.25, 0.3) is 5.91 Å². The molecule has 6 nitrogen and oxygen atoms in total. The van der Waals surface area contributed by atoms with Gasteiger partial charge in [0.2, 0.25) is 5.13 Å². The highest BCUT2D eigenvalue weighted by atomic mass is 32.1. The van der Waals surface area contributed by atoms with E-state index in [-0.39, 0.29) is 5.91 Å². The van der Waals surface area contributed by atoms with Gasteiger partial charge in [-0.2, -0.15) is 5.10 Å². The minimum absolute atomic E-state index is 0.164. The van der Waals surface area contributed by atoms with E-state index in [0.29, 0.717) is 17.9 Å². The zero-order valence-electron chi connectivity index (χ0n) is 17.4. The van der Waals surface area contributed by atoms with Gasteiger partial charge in [0, 0.05) is 17.0 Å². The number of fused-ring (bicyclic) bond motifs is 1. The van der Waals surface area contributed by atoms with Crippen molar-refractivity contribution in [2.24, 2.45) is 5.10 Å². The number of amides is 1. The summed E-state index contributed by atoms with van der Waals surface area (Å²) in [5.41, 5.74) is 8.28. The molecule has 0 aliphatic carbocycles. The van der Waals surface area contributed by atoms with Crippen molar-refractivity contribution >= 4 is 44.0 Å². The van der Waals surface area contributed by atoms with Gasteiger partial charge in [0.15, 0.2) is 0 Å². The van der Waals surface area contributed by atoms with Crippen molar-refractivity contribution in [1.29, 1.82) is 0 Å². The van der Waals surface area contributed by atoms with Crippen molar-refractivity contribution < 1.29 is 9.53 Å². The molecule has 152 valence electrons. The fraction of sp³-hybridized carbons (Fsp3) is 0.318. The Morgan fingerprint density at radius 2 is 2.03 bits per heavy atom. The summed E-state index contributed by atoms with van der Waals surface area (Å²) in [4.78, 5) is 17.4. The number of anilines is 2. The minimum atomic E-state index is -0.164. The zero-order valence-corrected chi connectivity index (χ0v) is 18.2. The number of benzene rings is 2. The maximum Gasteiger partial charge on any atom is 0.255 e. The maximum absolute atomic E-state index is 12.8. The van der Waals surface area contributed by atoms with E-state index < -0.39 is 0 Å². The van der Waals surface area contributed by atoms with E-state index >= 15 is 0 Å². The number of nitrogens with one attached hydrogen (secondary N) is 2. The van der Waals surface area contributed by atoms with Gasteiger partial charge in [0.1, 0.15) is 5.75 Å². The number of hydrogen-bond donors (Lipinski definition) is 2. The third-order valence-corrected chi connectivity index (χ3v) is 5.71. The lowest BCUT2D eigenvalue weighted by Crippen LogP contribution is -2.14. The molecule has 0 atom stereocenters. The molecule has 0 saturated carbocycles. The van der Waals surface area contributed by atoms with E-state index in [1.807, 2.05) is 45.9 Å². The lowest BCUT2D eigenvalue weighted by molar-refractivity contribution is 0.102. The lowest BCUT2D eigenvalue weighted by atomic mass is 10.1. The molecule has 1 aromatic heterocycles. The summed E-state index contributed by atoms with van der Waals surface area (Å²) in [7, 11) is 0. The van der Waals surface area contributed by atoms with Crippen molar-refractivity contribution in [3.63, 3.8) is 0 Å². The molecule has 7 heteroatoms. The predicted octanol–water partition coefficient (Wildman–Crippen LogP) is 5.76. The smallest absolute Gasteiger partial charge is 0.255 e. The largest absolute Gasteiger partial charge is 0.494 e. The molecule has 2 aromatic carbocycles. The second kappa shape index (κ2) is 9.05. The fourth-order valence-corrected chi connectivity index (χ4v) is 3.82. The molecule has 0 aliphatic heterocycles. The number of carbonyl (C=O) groups excluding carboxylic acids is 1. The summed E-state index contributed by atoms with van der Waals surface area (Å²) in [6, 6.07) is 9.20. The highest BCUT2D eigenvalue weighted by molar-refractivity contribution is 7.22. The number of thiazole rings is 1. The van der Waals surface area contributed by atoms with Gasteiger partial charge in [-0.15, -0.1) is 0 Å². The molecule has 0 radical (unpaired) electrons. The first-order chi connectivity index (χ1) is 13.9. The molecule has 0 saturated heterocycles. The number of rotatable bonds is 7. The Morgan fingerprint density at radius 1 is 1.24 bits per heavy atom. The Hall–Kier alpha value is -2.93. The van der Waals surface area contributed by atoms with Crippen molar-refractivity contribution in [2.45, 2.75) is 41.0 Å². The van der Waals surface area contributed by atoms with E-state index in [0.717, 1.165) is 44.3 Å². The van der Waals surface area contributed by atoms with Gasteiger partial charge in [0.05, 0.1) is 16.8 Å². The monoisotopic (exact) mass is 410 g/mol. The number of aromatic nitrogens is 1. The molecule has 1 amide bonds. The second-order valence-corrected chi connectivity index (χ2v) is 7.79. The van der Waals surface area contributed by atoms with Gasteiger partial charge in [-0.3, -0.25) is 10.2 Å². The SMILES string of the molecule is CCOc1cccc(C(=O)Nc2c(C)cc3nc(N/N=C(/C)CC)sc3c2C)c1. The Morgan fingerprint density at radius 3 is 2.76 bits per heavy atom. The molecule has 1 heterocycles. The van der Waals surface area contributed by atoms with Crippen LogP contribution in [0.2, 0.25) is 0 Å². The summed E-state index contributed by atoms with van der Waals surface area (Å²) < 4.78 is 6.53.